The molecule has 1 saturated heterocycles. The molecule has 2 atom stereocenters. The van der Waals surface area contributed by atoms with Gasteiger partial charge >= 0.3 is 0 Å². The van der Waals surface area contributed by atoms with E-state index in [9.17, 15) is 5.21 Å². The summed E-state index contributed by atoms with van der Waals surface area (Å²) >= 11 is 11.9. The zero-order valence-corrected chi connectivity index (χ0v) is 9.56. The Morgan fingerprint density at radius 3 is 2.15 bits per heavy atom. The number of hydroxylamine groups is 2. The van der Waals surface area contributed by atoms with Crippen LogP contribution in [0, 0.1) is 5.21 Å². The van der Waals surface area contributed by atoms with Crippen molar-refractivity contribution in [2.45, 2.75) is 32.0 Å². The first-order valence-corrected chi connectivity index (χ1v) is 4.73. The Hall–Kier alpha value is 0.200. The molecule has 13 heavy (non-hydrogen) atoms. The summed E-state index contributed by atoms with van der Waals surface area (Å²) in [6, 6.07) is 0. The molecule has 0 aromatic heterocycles. The molecule has 1 rings (SSSR count). The SMILES string of the molecule is C=CC1(C)CN(Cl)C(C)(C)[N+]1([O-])Cl. The van der Waals surface area contributed by atoms with Crippen LogP contribution in [0.15, 0.2) is 12.7 Å². The summed E-state index contributed by atoms with van der Waals surface area (Å²) in [5.74, 6) is 0. The van der Waals surface area contributed by atoms with E-state index in [0.29, 0.717) is 6.54 Å². The third-order valence-corrected chi connectivity index (χ3v) is 4.19. The maximum Gasteiger partial charge on any atom is 0.180 e. The van der Waals surface area contributed by atoms with Crippen LogP contribution in [0.25, 0.3) is 0 Å². The van der Waals surface area contributed by atoms with Gasteiger partial charge in [-0.15, -0.1) is 0 Å². The van der Waals surface area contributed by atoms with Gasteiger partial charge in [0.15, 0.2) is 17.4 Å². The molecule has 5 heteroatoms. The van der Waals surface area contributed by atoms with Crippen molar-refractivity contribution in [1.29, 1.82) is 0 Å². The molecule has 0 spiro atoms. The van der Waals surface area contributed by atoms with Crippen molar-refractivity contribution in [2.75, 3.05) is 6.54 Å². The first-order chi connectivity index (χ1) is 5.69. The summed E-state index contributed by atoms with van der Waals surface area (Å²) in [4.78, 5) is 0. The van der Waals surface area contributed by atoms with E-state index in [0.717, 1.165) is 0 Å². The highest BCUT2D eigenvalue weighted by atomic mass is 35.5. The number of hydrogen-bond donors (Lipinski definition) is 0. The van der Waals surface area contributed by atoms with Gasteiger partial charge in [-0.3, -0.25) is 0 Å². The Kier molecular flexibility index (Phi) is 2.47. The number of nitrogens with zero attached hydrogens (tertiary/aromatic N) is 2. The minimum absolute atomic E-state index is 0.401. The van der Waals surface area contributed by atoms with Gasteiger partial charge in [-0.1, -0.05) is 6.58 Å². The Morgan fingerprint density at radius 2 is 2.00 bits per heavy atom. The molecule has 1 aliphatic rings. The van der Waals surface area contributed by atoms with E-state index < -0.39 is 15.4 Å². The molecule has 3 nitrogen and oxygen atoms in total. The van der Waals surface area contributed by atoms with Crippen molar-refractivity contribution < 1.29 is 4.17 Å². The zero-order valence-electron chi connectivity index (χ0n) is 8.05. The maximum atomic E-state index is 12.2. The molecule has 0 aromatic rings. The van der Waals surface area contributed by atoms with Crippen molar-refractivity contribution in [1.82, 2.24) is 4.42 Å². The third kappa shape index (κ3) is 1.22. The molecule has 1 fully saturated rings. The van der Waals surface area contributed by atoms with Gasteiger partial charge in [-0.25, -0.2) is 4.17 Å². The third-order valence-electron chi connectivity index (χ3n) is 2.85. The average molecular weight is 225 g/mol. The van der Waals surface area contributed by atoms with Gasteiger partial charge in [0.2, 0.25) is 0 Å². The average Bonchev–Trinajstić information content (AvgIpc) is 2.12. The van der Waals surface area contributed by atoms with Gasteiger partial charge in [0, 0.05) is 13.8 Å². The van der Waals surface area contributed by atoms with E-state index in [1.54, 1.807) is 26.8 Å². The van der Waals surface area contributed by atoms with Crippen LogP contribution in [0.2, 0.25) is 0 Å². The van der Waals surface area contributed by atoms with E-state index in [2.05, 4.69) is 6.58 Å². The lowest BCUT2D eigenvalue weighted by atomic mass is 10.0. The summed E-state index contributed by atoms with van der Waals surface area (Å²) in [5, 5.41) is 12.2. The van der Waals surface area contributed by atoms with Crippen LogP contribution in [0.5, 0.6) is 0 Å². The fraction of sp³-hybridized carbons (Fsp3) is 0.750. The minimum Gasteiger partial charge on any atom is -0.611 e. The second kappa shape index (κ2) is 2.84. The summed E-state index contributed by atoms with van der Waals surface area (Å²) < 4.78 is 0.502. The van der Waals surface area contributed by atoms with Crippen molar-refractivity contribution >= 4 is 23.6 Å². The first-order valence-electron chi connectivity index (χ1n) is 4.06. The molecule has 0 radical (unpaired) electrons. The molecular weight excluding hydrogens is 211 g/mol. The highest BCUT2D eigenvalue weighted by Gasteiger charge is 2.60. The predicted octanol–water partition coefficient (Wildman–Crippen LogP) is 2.61. The normalized spacial score (nSPS) is 45.1. The highest BCUT2D eigenvalue weighted by molar-refractivity contribution is 6.14. The smallest absolute Gasteiger partial charge is 0.180 e. The van der Waals surface area contributed by atoms with Crippen molar-refractivity contribution in [3.63, 3.8) is 0 Å². The molecule has 0 bridgehead atoms. The van der Waals surface area contributed by atoms with Crippen LogP contribution >= 0.6 is 23.6 Å². The van der Waals surface area contributed by atoms with Crippen LogP contribution in [0.1, 0.15) is 20.8 Å². The molecule has 0 N–H and O–H groups in total. The Bertz CT molecular complexity index is 242. The minimum atomic E-state index is -0.938. The lowest BCUT2D eigenvalue weighted by Crippen LogP contribution is -2.57. The Labute approximate surface area is 88.9 Å². The topological polar surface area (TPSA) is 26.3 Å². The van der Waals surface area contributed by atoms with Crippen LogP contribution in [0.4, 0.5) is 0 Å². The summed E-state index contributed by atoms with van der Waals surface area (Å²) in [5.41, 5.74) is -1.60. The summed E-state index contributed by atoms with van der Waals surface area (Å²) in [6.45, 7) is 9.21. The molecule has 1 heterocycles. The Balaban J connectivity index is 3.18. The molecule has 0 aromatic carbocycles. The van der Waals surface area contributed by atoms with Crippen LogP contribution < -0.4 is 0 Å². The van der Waals surface area contributed by atoms with Gasteiger partial charge in [0.1, 0.15) is 5.54 Å². The molecule has 2 unspecified atom stereocenters. The van der Waals surface area contributed by atoms with Crippen LogP contribution in [-0.4, -0.2) is 26.3 Å². The van der Waals surface area contributed by atoms with E-state index in [1.165, 1.54) is 4.42 Å². The molecule has 0 saturated carbocycles. The van der Waals surface area contributed by atoms with E-state index >= 15 is 0 Å². The van der Waals surface area contributed by atoms with Gasteiger partial charge in [-0.2, -0.15) is 4.42 Å². The van der Waals surface area contributed by atoms with Gasteiger partial charge < -0.3 is 5.21 Å². The monoisotopic (exact) mass is 224 g/mol. The van der Waals surface area contributed by atoms with E-state index in [4.69, 9.17) is 23.6 Å². The lowest BCUT2D eigenvalue weighted by molar-refractivity contribution is -0.850. The number of hydrogen-bond acceptors (Lipinski definition) is 2. The molecule has 0 amide bonds. The summed E-state index contributed by atoms with van der Waals surface area (Å²) in [7, 11) is 0. The fourth-order valence-corrected chi connectivity index (χ4v) is 2.11. The van der Waals surface area contributed by atoms with Crippen molar-refractivity contribution in [2.24, 2.45) is 0 Å². The number of rotatable bonds is 1. The fourth-order valence-electron chi connectivity index (χ4n) is 1.51. The molecular formula is C8H14Cl2N2O. The van der Waals surface area contributed by atoms with Gasteiger partial charge in [0.05, 0.1) is 6.54 Å². The van der Waals surface area contributed by atoms with E-state index in [-0.39, 0.29) is 0 Å². The van der Waals surface area contributed by atoms with E-state index in [1.807, 2.05) is 0 Å². The highest BCUT2D eigenvalue weighted by Crippen LogP contribution is 2.47. The molecule has 0 aliphatic carbocycles. The lowest BCUT2D eigenvalue weighted by Gasteiger charge is -2.48. The van der Waals surface area contributed by atoms with Crippen molar-refractivity contribution in [3.05, 3.63) is 17.9 Å². The summed E-state index contributed by atoms with van der Waals surface area (Å²) in [6.07, 6.45) is 1.57. The zero-order chi connectivity index (χ0) is 10.5. The largest absolute Gasteiger partial charge is 0.611 e. The number of quaternary nitrogens is 1. The molecule has 76 valence electrons. The quantitative estimate of drug-likeness (QED) is 0.389. The second-order valence-corrected chi connectivity index (χ2v) is 4.99. The van der Waals surface area contributed by atoms with Crippen molar-refractivity contribution in [3.8, 4) is 0 Å². The van der Waals surface area contributed by atoms with Crippen LogP contribution in [-0.2, 0) is 0 Å². The standard InChI is InChI=1S/C8H14Cl2N2O/c1-5-8(4)6-11(9)7(2,3)12(8,10)13/h5H,1,6H2,2-4H3. The van der Waals surface area contributed by atoms with Gasteiger partial charge in [-0.05, 0) is 24.8 Å². The molecule has 1 aliphatic heterocycles. The van der Waals surface area contributed by atoms with Crippen LogP contribution in [0.3, 0.4) is 0 Å². The maximum absolute atomic E-state index is 12.2. The Morgan fingerprint density at radius 1 is 1.54 bits per heavy atom. The van der Waals surface area contributed by atoms with Gasteiger partial charge in [0.25, 0.3) is 0 Å². The second-order valence-electron chi connectivity index (χ2n) is 4.11. The number of halogens is 2. The predicted molar refractivity (Wildman–Crippen MR) is 54.7 cm³/mol. The first kappa shape index (κ1) is 11.3.